The molecule has 2 nitrogen and oxygen atoms in total. The van der Waals surface area contributed by atoms with E-state index in [0.717, 1.165) is 12.1 Å². The predicted molar refractivity (Wildman–Crippen MR) is 41.2 cm³/mol. The lowest BCUT2D eigenvalue weighted by atomic mass is 10.1. The van der Waals surface area contributed by atoms with Crippen LogP contribution in [0.2, 0.25) is 0 Å². The first-order chi connectivity index (χ1) is 4.04. The van der Waals surface area contributed by atoms with Crippen LogP contribution in [0.4, 0.5) is 0 Å². The average molecular weight is 128 g/mol. The first-order valence-electron chi connectivity index (χ1n) is 3.24. The summed E-state index contributed by atoms with van der Waals surface area (Å²) in [4.78, 5) is 2.12. The molecule has 0 aromatic heterocycles. The topological polar surface area (TPSA) is 27.1 Å². The Kier molecular flexibility index (Phi) is 3.47. The van der Waals surface area contributed by atoms with Gasteiger partial charge >= 0.3 is 0 Å². The third-order valence-electron chi connectivity index (χ3n) is 1.48. The molecular formula is C7H16N2. The van der Waals surface area contributed by atoms with E-state index in [1.165, 1.54) is 0 Å². The van der Waals surface area contributed by atoms with Crippen LogP contribution in [-0.2, 0) is 0 Å². The van der Waals surface area contributed by atoms with Gasteiger partial charge in [-0.05, 0) is 27.9 Å². The summed E-state index contributed by atoms with van der Waals surface area (Å²) in [6, 6.07) is 0.502. The number of hydrogen-bond acceptors (Lipinski definition) is 2. The summed E-state index contributed by atoms with van der Waals surface area (Å²) in [5.74, 6) is 0. The molecule has 0 aliphatic rings. The second-order valence-electron chi connectivity index (χ2n) is 2.80. The zero-order chi connectivity index (χ0) is 7.44. The van der Waals surface area contributed by atoms with Gasteiger partial charge in [-0.15, -0.1) is 0 Å². The summed E-state index contributed by atoms with van der Waals surface area (Å²) in [6.45, 7) is 3.97. The normalized spacial score (nSPS) is 13.9. The maximum Gasteiger partial charge on any atom is 0.0113 e. The highest BCUT2D eigenvalue weighted by molar-refractivity contribution is 5.79. The highest BCUT2D eigenvalue weighted by atomic mass is 15.1. The number of rotatable bonds is 3. The molecule has 0 bridgehead atoms. The second kappa shape index (κ2) is 3.62. The summed E-state index contributed by atoms with van der Waals surface area (Å²) in [5.41, 5.74) is 0.760. The van der Waals surface area contributed by atoms with Gasteiger partial charge in [-0.2, -0.15) is 0 Å². The molecule has 0 aromatic rings. The first-order valence-corrected chi connectivity index (χ1v) is 3.24. The van der Waals surface area contributed by atoms with Crippen molar-refractivity contribution in [2.24, 2.45) is 0 Å². The van der Waals surface area contributed by atoms with E-state index >= 15 is 0 Å². The molecule has 0 aromatic carbocycles. The third-order valence-corrected chi connectivity index (χ3v) is 1.48. The fraction of sp³-hybridized carbons (Fsp3) is 0.857. The van der Waals surface area contributed by atoms with Crippen molar-refractivity contribution in [3.63, 3.8) is 0 Å². The van der Waals surface area contributed by atoms with Crippen LogP contribution in [0.3, 0.4) is 0 Å². The Morgan fingerprint density at radius 3 is 2.11 bits per heavy atom. The van der Waals surface area contributed by atoms with Crippen LogP contribution in [0.1, 0.15) is 20.3 Å². The van der Waals surface area contributed by atoms with E-state index in [9.17, 15) is 0 Å². The monoisotopic (exact) mass is 128 g/mol. The lowest BCUT2D eigenvalue weighted by molar-refractivity contribution is 0.321. The summed E-state index contributed by atoms with van der Waals surface area (Å²) in [7, 11) is 4.07. The molecule has 1 N–H and O–H groups in total. The molecule has 2 heteroatoms. The van der Waals surface area contributed by atoms with Gasteiger partial charge in [0.1, 0.15) is 0 Å². The van der Waals surface area contributed by atoms with Gasteiger partial charge in [-0.1, -0.05) is 0 Å². The van der Waals surface area contributed by atoms with E-state index in [2.05, 4.69) is 11.8 Å². The van der Waals surface area contributed by atoms with Crippen LogP contribution < -0.4 is 0 Å². The Bertz CT molecular complexity index is 97.1. The van der Waals surface area contributed by atoms with Gasteiger partial charge in [0.2, 0.25) is 0 Å². The Balaban J connectivity index is 3.50. The van der Waals surface area contributed by atoms with E-state index in [-0.39, 0.29) is 0 Å². The quantitative estimate of drug-likeness (QED) is 0.571. The fourth-order valence-corrected chi connectivity index (χ4v) is 0.626. The van der Waals surface area contributed by atoms with Crippen molar-refractivity contribution in [1.82, 2.24) is 4.90 Å². The summed E-state index contributed by atoms with van der Waals surface area (Å²) in [6.07, 6.45) is 0.882. The number of nitrogens with zero attached hydrogens (tertiary/aromatic N) is 1. The van der Waals surface area contributed by atoms with Gasteiger partial charge in [0.05, 0.1) is 0 Å². The molecular weight excluding hydrogens is 112 g/mol. The molecule has 0 fully saturated rings. The zero-order valence-corrected chi connectivity index (χ0v) is 6.73. The molecule has 0 amide bonds. The molecule has 0 rings (SSSR count). The van der Waals surface area contributed by atoms with E-state index in [1.807, 2.05) is 21.0 Å². The average Bonchev–Trinajstić information content (AvgIpc) is 1.63. The lowest BCUT2D eigenvalue weighted by Gasteiger charge is -2.18. The van der Waals surface area contributed by atoms with Gasteiger partial charge in [0.15, 0.2) is 0 Å². The molecule has 0 aliphatic carbocycles. The lowest BCUT2D eigenvalue weighted by Crippen LogP contribution is -2.26. The van der Waals surface area contributed by atoms with Gasteiger partial charge in [0, 0.05) is 18.2 Å². The van der Waals surface area contributed by atoms with Gasteiger partial charge < -0.3 is 10.3 Å². The van der Waals surface area contributed by atoms with E-state index in [0.29, 0.717) is 6.04 Å². The third kappa shape index (κ3) is 4.15. The molecule has 0 heterocycles. The Morgan fingerprint density at radius 2 is 2.00 bits per heavy atom. The maximum atomic E-state index is 7.19. The number of nitrogens with one attached hydrogen (secondary N) is 1. The molecule has 1 unspecified atom stereocenters. The van der Waals surface area contributed by atoms with Crippen molar-refractivity contribution < 1.29 is 0 Å². The fourth-order valence-electron chi connectivity index (χ4n) is 0.626. The van der Waals surface area contributed by atoms with E-state index in [1.54, 1.807) is 0 Å². The van der Waals surface area contributed by atoms with Gasteiger partial charge in [-0.25, -0.2) is 0 Å². The van der Waals surface area contributed by atoms with Crippen molar-refractivity contribution in [3.05, 3.63) is 0 Å². The first kappa shape index (κ1) is 8.63. The van der Waals surface area contributed by atoms with Crippen molar-refractivity contribution in [1.29, 1.82) is 5.41 Å². The largest absolute Gasteiger partial charge is 0.310 e. The SMILES string of the molecule is CC(=N)CC(C)N(C)C. The minimum absolute atomic E-state index is 0.502. The Hall–Kier alpha value is -0.370. The van der Waals surface area contributed by atoms with Crippen LogP contribution >= 0.6 is 0 Å². The highest BCUT2D eigenvalue weighted by Crippen LogP contribution is 1.97. The number of hydrogen-bond donors (Lipinski definition) is 1. The summed E-state index contributed by atoms with van der Waals surface area (Å²) in [5, 5.41) is 7.19. The zero-order valence-electron chi connectivity index (χ0n) is 6.73. The molecule has 0 aliphatic heterocycles. The van der Waals surface area contributed by atoms with Crippen LogP contribution in [-0.4, -0.2) is 30.7 Å². The van der Waals surface area contributed by atoms with Crippen LogP contribution in [0.25, 0.3) is 0 Å². The molecule has 54 valence electrons. The molecule has 0 saturated heterocycles. The van der Waals surface area contributed by atoms with E-state index in [4.69, 9.17) is 5.41 Å². The van der Waals surface area contributed by atoms with Crippen molar-refractivity contribution in [2.75, 3.05) is 14.1 Å². The minimum atomic E-state index is 0.502. The minimum Gasteiger partial charge on any atom is -0.310 e. The van der Waals surface area contributed by atoms with Gasteiger partial charge in [-0.3, -0.25) is 0 Å². The van der Waals surface area contributed by atoms with Crippen LogP contribution in [0, 0.1) is 5.41 Å². The van der Waals surface area contributed by atoms with Crippen LogP contribution in [0.5, 0.6) is 0 Å². The summed E-state index contributed by atoms with van der Waals surface area (Å²) < 4.78 is 0. The van der Waals surface area contributed by atoms with Crippen LogP contribution in [0.15, 0.2) is 0 Å². The van der Waals surface area contributed by atoms with Crippen molar-refractivity contribution in [3.8, 4) is 0 Å². The molecule has 0 spiro atoms. The maximum absolute atomic E-state index is 7.19. The van der Waals surface area contributed by atoms with Crippen molar-refractivity contribution in [2.45, 2.75) is 26.3 Å². The molecule has 0 radical (unpaired) electrons. The predicted octanol–water partition coefficient (Wildman–Crippen LogP) is 1.37. The smallest absolute Gasteiger partial charge is 0.0113 e. The summed E-state index contributed by atoms with van der Waals surface area (Å²) >= 11 is 0. The molecule has 0 saturated carbocycles. The Morgan fingerprint density at radius 1 is 1.56 bits per heavy atom. The highest BCUT2D eigenvalue weighted by Gasteiger charge is 2.03. The molecule has 9 heavy (non-hydrogen) atoms. The Labute approximate surface area is 57.4 Å². The van der Waals surface area contributed by atoms with E-state index < -0.39 is 0 Å². The van der Waals surface area contributed by atoms with Crippen molar-refractivity contribution >= 4 is 5.71 Å². The standard InChI is InChI=1S/C7H16N2/c1-6(8)5-7(2)9(3)4/h7-8H,5H2,1-4H3. The van der Waals surface area contributed by atoms with Gasteiger partial charge in [0.25, 0.3) is 0 Å². The second-order valence-corrected chi connectivity index (χ2v) is 2.80. The molecule has 1 atom stereocenters.